The monoisotopic (exact) mass is 402 g/mol. The molecule has 6 atom stereocenters. The van der Waals surface area contributed by atoms with Crippen LogP contribution in [-0.4, -0.2) is 0 Å². The van der Waals surface area contributed by atoms with Crippen molar-refractivity contribution < 1.29 is 0 Å². The average molecular weight is 403 g/mol. The van der Waals surface area contributed by atoms with E-state index >= 15 is 0 Å². The van der Waals surface area contributed by atoms with Crippen LogP contribution in [0.5, 0.6) is 0 Å². The summed E-state index contributed by atoms with van der Waals surface area (Å²) in [6, 6.07) is 0. The first-order chi connectivity index (χ1) is 14.0. The van der Waals surface area contributed by atoms with Gasteiger partial charge in [0, 0.05) is 0 Å². The molecule has 0 radical (unpaired) electrons. The van der Waals surface area contributed by atoms with Crippen molar-refractivity contribution in [2.45, 2.75) is 114 Å². The molecular weight excluding hydrogens is 348 g/mol. The van der Waals surface area contributed by atoms with Crippen molar-refractivity contribution in [2.75, 3.05) is 0 Å². The summed E-state index contributed by atoms with van der Waals surface area (Å²) in [4.78, 5) is 0. The van der Waals surface area contributed by atoms with E-state index in [4.69, 9.17) is 0 Å². The van der Waals surface area contributed by atoms with Crippen molar-refractivity contribution in [3.8, 4) is 38.0 Å². The molecule has 0 amide bonds. The Morgan fingerprint density at radius 2 is 1.38 bits per heavy atom. The van der Waals surface area contributed by atoms with Gasteiger partial charge in [0.25, 0.3) is 0 Å². The number of hydrogen-bond donors (Lipinski definition) is 0. The average Bonchev–Trinajstić information content (AvgIpc) is 2.79. The van der Waals surface area contributed by atoms with Gasteiger partial charge in [-0.05, 0) is 61.2 Å². The maximum absolute atomic E-state index is 4.60. The summed E-state index contributed by atoms with van der Waals surface area (Å²) in [5, 5.41) is 0. The van der Waals surface area contributed by atoms with Crippen LogP contribution in [0.4, 0.5) is 0 Å². The predicted octanol–water partition coefficient (Wildman–Crippen LogP) is 9.10. The zero-order chi connectivity index (χ0) is 24.0. The van der Waals surface area contributed by atoms with Gasteiger partial charge in [0.05, 0.1) is 0 Å². The molecular formula is C29H54. The maximum atomic E-state index is 4.60. The van der Waals surface area contributed by atoms with Gasteiger partial charge in [0.1, 0.15) is 0 Å². The van der Waals surface area contributed by atoms with E-state index in [0.29, 0.717) is 5.41 Å². The zero-order valence-electron chi connectivity index (χ0n) is 21.7. The number of rotatable bonds is 3. The summed E-state index contributed by atoms with van der Waals surface area (Å²) in [6.45, 7) is 22.1. The molecule has 0 aromatic rings. The number of hydrogen-bond acceptors (Lipinski definition) is 0. The normalized spacial score (nSPS) is 29.7. The van der Waals surface area contributed by atoms with E-state index in [1.54, 1.807) is 6.92 Å². The fraction of sp³-hybridized carbons (Fsp3) is 0.793. The largest absolute Gasteiger partial charge is 0.124 e. The fourth-order valence-corrected chi connectivity index (χ4v) is 5.52. The van der Waals surface area contributed by atoms with E-state index in [2.05, 4.69) is 72.7 Å². The fourth-order valence-electron chi connectivity index (χ4n) is 5.52. The first kappa shape index (κ1) is 35.1. The molecule has 2 rings (SSSR count). The molecule has 0 nitrogen and oxygen atoms in total. The molecule has 0 saturated heterocycles. The molecule has 0 aromatic carbocycles. The van der Waals surface area contributed by atoms with Crippen LogP contribution < -0.4 is 0 Å². The van der Waals surface area contributed by atoms with Gasteiger partial charge in [-0.15, -0.1) is 38.0 Å². The molecule has 170 valence electrons. The summed E-state index contributed by atoms with van der Waals surface area (Å²) < 4.78 is 0. The lowest BCUT2D eigenvalue weighted by Crippen LogP contribution is -2.47. The Hall–Kier alpha value is -1.32. The maximum Gasteiger partial charge on any atom is -0.00297 e. The van der Waals surface area contributed by atoms with E-state index in [9.17, 15) is 0 Å². The first-order valence-electron chi connectivity index (χ1n) is 12.0. The van der Waals surface area contributed by atoms with E-state index < -0.39 is 0 Å². The second-order valence-electron chi connectivity index (χ2n) is 7.89. The third kappa shape index (κ3) is 10.9. The van der Waals surface area contributed by atoms with Crippen molar-refractivity contribution in [3.63, 3.8) is 0 Å². The molecule has 2 saturated carbocycles. The minimum Gasteiger partial charge on any atom is -0.124 e. The lowest BCUT2D eigenvalue weighted by atomic mass is 9.50. The van der Waals surface area contributed by atoms with E-state index in [-0.39, 0.29) is 0 Å². The third-order valence-corrected chi connectivity index (χ3v) is 7.04. The Bertz CT molecular complexity index is 401. The Morgan fingerprint density at radius 1 is 0.931 bits per heavy atom. The van der Waals surface area contributed by atoms with Gasteiger partial charge in [-0.2, -0.15) is 0 Å². The Morgan fingerprint density at radius 3 is 1.76 bits per heavy atom. The third-order valence-electron chi connectivity index (χ3n) is 7.04. The summed E-state index contributed by atoms with van der Waals surface area (Å²) >= 11 is 0. The minimum absolute atomic E-state index is 0.627. The lowest BCUT2D eigenvalue weighted by Gasteiger charge is -2.55. The van der Waals surface area contributed by atoms with Gasteiger partial charge >= 0.3 is 0 Å². The highest BCUT2D eigenvalue weighted by molar-refractivity contribution is 4.98. The van der Waals surface area contributed by atoms with Gasteiger partial charge in [-0.1, -0.05) is 88.0 Å². The van der Waals surface area contributed by atoms with E-state index in [1.165, 1.54) is 44.9 Å². The molecule has 0 spiro atoms. The smallest absolute Gasteiger partial charge is 0.00297 e. The molecule has 29 heavy (non-hydrogen) atoms. The highest BCUT2D eigenvalue weighted by Gasteiger charge is 2.49. The van der Waals surface area contributed by atoms with Gasteiger partial charge in [-0.3, -0.25) is 0 Å². The van der Waals surface area contributed by atoms with Crippen LogP contribution in [0.15, 0.2) is 0 Å². The van der Waals surface area contributed by atoms with Gasteiger partial charge in [0.2, 0.25) is 0 Å². The summed E-state index contributed by atoms with van der Waals surface area (Å²) in [5.41, 5.74) is 0.627. The van der Waals surface area contributed by atoms with Crippen LogP contribution in [0, 0.1) is 73.0 Å². The molecule has 0 aliphatic heterocycles. The van der Waals surface area contributed by atoms with Crippen LogP contribution in [0.3, 0.4) is 0 Å². The topological polar surface area (TPSA) is 0 Å². The molecule has 2 aliphatic carbocycles. The van der Waals surface area contributed by atoms with E-state index in [0.717, 1.165) is 29.6 Å². The Balaban J connectivity index is -0.000000244. The summed E-state index contributed by atoms with van der Waals surface area (Å²) in [7, 11) is 0. The molecule has 2 aliphatic rings. The minimum atomic E-state index is 0.627. The summed E-state index contributed by atoms with van der Waals surface area (Å²) in [5.74, 6) is 7.25. The highest BCUT2D eigenvalue weighted by Crippen LogP contribution is 2.57. The first-order valence-corrected chi connectivity index (χ1v) is 12.0. The molecule has 0 aromatic heterocycles. The number of terminal acetylenes is 3. The molecule has 0 heterocycles. The second kappa shape index (κ2) is 23.0. The number of fused-ring (bicyclic) bond motifs is 1. The van der Waals surface area contributed by atoms with Crippen LogP contribution in [-0.2, 0) is 0 Å². The SMILES string of the molecule is C#C.C#C.C#CC.CC.CC.CC[C@@H](C)C1(C)CC[C@H]2C(CCC[C@@H]2C)[C@@H]1CC. The Labute approximate surface area is 187 Å². The van der Waals surface area contributed by atoms with Crippen molar-refractivity contribution in [3.05, 3.63) is 0 Å². The molecule has 0 N–H and O–H groups in total. The van der Waals surface area contributed by atoms with Crippen molar-refractivity contribution in [1.82, 2.24) is 0 Å². The lowest BCUT2D eigenvalue weighted by molar-refractivity contribution is -0.0602. The van der Waals surface area contributed by atoms with Crippen LogP contribution in [0.2, 0.25) is 0 Å². The van der Waals surface area contributed by atoms with Crippen LogP contribution >= 0.6 is 0 Å². The van der Waals surface area contributed by atoms with Crippen molar-refractivity contribution in [1.29, 1.82) is 0 Å². The standard InChI is InChI=1S/C18H34.C3H4.2C2H6.2C2H2/c1-6-14(4)18(5)12-11-15-13(3)9-8-10-16(15)17(18)7-2;1-3-2;4*1-2/h13-17H,6-12H2,1-5H3;1H,2H3;2*1-2H3;2*1-2H/t13-,14+,15+,16?,17-,18?;;;;;/m0...../s1. The molecule has 2 unspecified atom stereocenters. The summed E-state index contributed by atoms with van der Waals surface area (Å²) in [6.07, 6.45) is 30.9. The quantitative estimate of drug-likeness (QED) is 0.413. The molecule has 0 heteroatoms. The van der Waals surface area contributed by atoms with Gasteiger partial charge < -0.3 is 0 Å². The molecule has 0 bridgehead atoms. The zero-order valence-corrected chi connectivity index (χ0v) is 21.7. The predicted molar refractivity (Wildman–Crippen MR) is 138 cm³/mol. The second-order valence-corrected chi connectivity index (χ2v) is 7.89. The van der Waals surface area contributed by atoms with Crippen molar-refractivity contribution >= 4 is 0 Å². The van der Waals surface area contributed by atoms with Gasteiger partial charge in [-0.25, -0.2) is 0 Å². The Kier molecular flexibility index (Phi) is 27.8. The highest BCUT2D eigenvalue weighted by atomic mass is 14.5. The van der Waals surface area contributed by atoms with Gasteiger partial charge in [0.15, 0.2) is 0 Å². The molecule has 2 fully saturated rings. The van der Waals surface area contributed by atoms with Crippen LogP contribution in [0.1, 0.15) is 114 Å². The van der Waals surface area contributed by atoms with Crippen molar-refractivity contribution in [2.24, 2.45) is 35.0 Å². The van der Waals surface area contributed by atoms with Crippen LogP contribution in [0.25, 0.3) is 0 Å². The van der Waals surface area contributed by atoms with E-state index in [1.807, 2.05) is 27.7 Å².